The average molecular weight is 529 g/mol. The van der Waals surface area contributed by atoms with E-state index in [1.807, 2.05) is 13.0 Å². The zero-order valence-electron chi connectivity index (χ0n) is 21.6. The Bertz CT molecular complexity index is 1280. The lowest BCUT2D eigenvalue weighted by Gasteiger charge is -2.24. The maximum absolute atomic E-state index is 13.8. The Hall–Kier alpha value is -4.09. The fourth-order valence-electron chi connectivity index (χ4n) is 3.74. The highest BCUT2D eigenvalue weighted by atomic mass is 19.4. The zero-order chi connectivity index (χ0) is 27.9. The lowest BCUT2D eigenvalue weighted by Crippen LogP contribution is -2.31. The summed E-state index contributed by atoms with van der Waals surface area (Å²) in [5, 5.41) is 4.23. The van der Waals surface area contributed by atoms with Crippen LogP contribution in [0.15, 0.2) is 67.1 Å². The summed E-state index contributed by atoms with van der Waals surface area (Å²) in [5.41, 5.74) is 11.3. The maximum atomic E-state index is 13.8. The van der Waals surface area contributed by atoms with Gasteiger partial charge in [-0.25, -0.2) is 5.43 Å². The zero-order valence-corrected chi connectivity index (χ0v) is 21.6. The first-order valence-electron chi connectivity index (χ1n) is 11.7. The molecule has 0 aliphatic heterocycles. The second kappa shape index (κ2) is 12.4. The molecule has 3 rings (SSSR count). The SMILES string of the molecule is CNN(/C=C(\N)c1cccnc1)c1cc(C(=O)Nc2ccc(N(C)CCOC)c(C(F)(F)F)c2)ccc1C. The van der Waals surface area contributed by atoms with Crippen LogP contribution < -0.4 is 26.4 Å². The number of nitrogens with two attached hydrogens (primary N) is 1. The summed E-state index contributed by atoms with van der Waals surface area (Å²) in [4.78, 5) is 18.6. The number of likely N-dealkylation sites (N-methyl/N-ethyl adjacent to an activating group) is 1. The molecule has 3 aromatic rings. The number of benzene rings is 2. The predicted molar refractivity (Wildman–Crippen MR) is 144 cm³/mol. The molecule has 38 heavy (non-hydrogen) atoms. The van der Waals surface area contributed by atoms with Crippen LogP contribution in [0.4, 0.5) is 30.2 Å². The van der Waals surface area contributed by atoms with E-state index >= 15 is 0 Å². The number of methoxy groups -OCH3 is 1. The molecule has 0 unspecified atom stereocenters. The number of amides is 1. The second-order valence-corrected chi connectivity index (χ2v) is 8.52. The van der Waals surface area contributed by atoms with E-state index < -0.39 is 17.6 Å². The monoisotopic (exact) mass is 528 g/mol. The molecule has 0 aliphatic rings. The van der Waals surface area contributed by atoms with Crippen molar-refractivity contribution < 1.29 is 22.7 Å². The molecule has 202 valence electrons. The third kappa shape index (κ3) is 7.02. The van der Waals surface area contributed by atoms with Crippen LogP contribution in [-0.4, -0.2) is 45.2 Å². The molecule has 1 aromatic heterocycles. The van der Waals surface area contributed by atoms with E-state index in [1.165, 1.54) is 24.1 Å². The number of hydrogen-bond acceptors (Lipinski definition) is 7. The number of rotatable bonds is 10. The Balaban J connectivity index is 1.88. The average Bonchev–Trinajstić information content (AvgIpc) is 2.90. The molecule has 0 saturated heterocycles. The van der Waals surface area contributed by atoms with Gasteiger partial charge in [0.25, 0.3) is 5.91 Å². The van der Waals surface area contributed by atoms with Crippen molar-refractivity contribution in [3.63, 3.8) is 0 Å². The largest absolute Gasteiger partial charge is 0.418 e. The van der Waals surface area contributed by atoms with E-state index in [0.29, 0.717) is 11.4 Å². The van der Waals surface area contributed by atoms with Crippen LogP contribution in [0.3, 0.4) is 0 Å². The number of hydrogen-bond donors (Lipinski definition) is 3. The second-order valence-electron chi connectivity index (χ2n) is 8.52. The van der Waals surface area contributed by atoms with E-state index in [9.17, 15) is 18.0 Å². The van der Waals surface area contributed by atoms with E-state index in [2.05, 4.69) is 15.7 Å². The van der Waals surface area contributed by atoms with Crippen LogP contribution in [0, 0.1) is 6.92 Å². The first kappa shape index (κ1) is 28.5. The maximum Gasteiger partial charge on any atom is 0.418 e. The number of halogens is 3. The Kier molecular flexibility index (Phi) is 9.32. The molecule has 0 bridgehead atoms. The molecule has 0 spiro atoms. The van der Waals surface area contributed by atoms with Gasteiger partial charge in [-0.05, 0) is 55.0 Å². The minimum absolute atomic E-state index is 0.00664. The number of aryl methyl sites for hydroxylation is 1. The minimum Gasteiger partial charge on any atom is -0.397 e. The Labute approximate surface area is 219 Å². The molecule has 0 radical (unpaired) electrons. The van der Waals surface area contributed by atoms with Crippen LogP contribution in [-0.2, 0) is 10.9 Å². The number of ether oxygens (including phenoxy) is 1. The van der Waals surface area contributed by atoms with Gasteiger partial charge in [-0.3, -0.25) is 14.8 Å². The van der Waals surface area contributed by atoms with Gasteiger partial charge < -0.3 is 20.7 Å². The fraction of sp³-hybridized carbons (Fsp3) is 0.259. The quantitative estimate of drug-likeness (QED) is 0.330. The van der Waals surface area contributed by atoms with Crippen molar-refractivity contribution in [2.75, 3.05) is 49.6 Å². The summed E-state index contributed by atoms with van der Waals surface area (Å²) in [7, 11) is 4.73. The molecule has 1 amide bonds. The molecule has 11 heteroatoms. The standard InChI is InChI=1S/C27H31F3N6O2/c1-18-7-8-19(14-25(18)36(32-2)17-23(31)20-6-5-11-33-16-20)26(37)34-21-9-10-24(35(3)12-13-38-4)22(15-21)27(28,29)30/h5-11,14-17,32H,12-13,31H2,1-4H3,(H,34,37)/b23-17-. The number of carbonyl (C=O) groups is 1. The van der Waals surface area contributed by atoms with Crippen molar-refractivity contribution in [1.29, 1.82) is 0 Å². The number of nitrogens with zero attached hydrogens (tertiary/aromatic N) is 3. The molecule has 0 fully saturated rings. The first-order valence-corrected chi connectivity index (χ1v) is 11.7. The third-order valence-electron chi connectivity index (χ3n) is 5.84. The van der Waals surface area contributed by atoms with Crippen LogP contribution in [0.25, 0.3) is 5.70 Å². The van der Waals surface area contributed by atoms with Crippen LogP contribution in [0.1, 0.15) is 27.0 Å². The van der Waals surface area contributed by atoms with Crippen LogP contribution in [0.2, 0.25) is 0 Å². The van der Waals surface area contributed by atoms with Gasteiger partial charge in [0, 0.05) is 68.8 Å². The van der Waals surface area contributed by atoms with Gasteiger partial charge in [-0.15, -0.1) is 0 Å². The van der Waals surface area contributed by atoms with Crippen molar-refractivity contribution in [3.8, 4) is 0 Å². The number of carbonyl (C=O) groups excluding carboxylic acids is 1. The third-order valence-corrected chi connectivity index (χ3v) is 5.84. The van der Waals surface area contributed by atoms with Gasteiger partial charge in [-0.2, -0.15) is 13.2 Å². The first-order chi connectivity index (χ1) is 18.0. The predicted octanol–water partition coefficient (Wildman–Crippen LogP) is 4.64. The van der Waals surface area contributed by atoms with Gasteiger partial charge in [0.1, 0.15) is 0 Å². The van der Waals surface area contributed by atoms with Crippen molar-refractivity contribution in [2.45, 2.75) is 13.1 Å². The number of aromatic nitrogens is 1. The molecule has 0 atom stereocenters. The van der Waals surface area contributed by atoms with Gasteiger partial charge in [-0.1, -0.05) is 6.07 Å². The van der Waals surface area contributed by atoms with Gasteiger partial charge in [0.05, 0.1) is 23.6 Å². The Morgan fingerprint density at radius 3 is 2.53 bits per heavy atom. The fourth-order valence-corrected chi connectivity index (χ4v) is 3.74. The number of alkyl halides is 3. The number of pyridine rings is 1. The summed E-state index contributed by atoms with van der Waals surface area (Å²) in [6.45, 7) is 2.41. The van der Waals surface area contributed by atoms with Crippen molar-refractivity contribution >= 4 is 28.7 Å². The molecular formula is C27H31F3N6O2. The van der Waals surface area contributed by atoms with Crippen molar-refractivity contribution in [2.24, 2.45) is 5.73 Å². The number of nitrogens with one attached hydrogen (secondary N) is 2. The highest BCUT2D eigenvalue weighted by Crippen LogP contribution is 2.38. The van der Waals surface area contributed by atoms with Crippen molar-refractivity contribution in [1.82, 2.24) is 10.4 Å². The van der Waals surface area contributed by atoms with Crippen molar-refractivity contribution in [3.05, 3.63) is 89.4 Å². The highest BCUT2D eigenvalue weighted by molar-refractivity contribution is 6.05. The number of hydrazine groups is 1. The normalized spacial score (nSPS) is 11.8. The van der Waals surface area contributed by atoms with Gasteiger partial charge in [0.2, 0.25) is 0 Å². The highest BCUT2D eigenvalue weighted by Gasteiger charge is 2.35. The summed E-state index contributed by atoms with van der Waals surface area (Å²) >= 11 is 0. The summed E-state index contributed by atoms with van der Waals surface area (Å²) in [5.74, 6) is -0.555. The molecule has 8 nitrogen and oxygen atoms in total. The van der Waals surface area contributed by atoms with Gasteiger partial charge >= 0.3 is 6.18 Å². The molecule has 4 N–H and O–H groups in total. The summed E-state index contributed by atoms with van der Waals surface area (Å²) < 4.78 is 46.4. The van der Waals surface area contributed by atoms with E-state index in [0.717, 1.165) is 17.2 Å². The summed E-state index contributed by atoms with van der Waals surface area (Å²) in [6.07, 6.45) is 0.327. The lowest BCUT2D eigenvalue weighted by molar-refractivity contribution is -0.137. The Morgan fingerprint density at radius 1 is 1.13 bits per heavy atom. The van der Waals surface area contributed by atoms with E-state index in [1.54, 1.807) is 62.0 Å². The van der Waals surface area contributed by atoms with Gasteiger partial charge in [0.15, 0.2) is 0 Å². The lowest BCUT2D eigenvalue weighted by atomic mass is 10.1. The number of anilines is 3. The molecular weight excluding hydrogens is 497 g/mol. The molecule has 2 aromatic carbocycles. The molecule has 0 saturated carbocycles. The van der Waals surface area contributed by atoms with Crippen LogP contribution in [0.5, 0.6) is 0 Å². The smallest absolute Gasteiger partial charge is 0.397 e. The minimum atomic E-state index is -4.61. The van der Waals surface area contributed by atoms with E-state index in [4.69, 9.17) is 10.5 Å². The molecule has 0 aliphatic carbocycles. The Morgan fingerprint density at radius 2 is 1.89 bits per heavy atom. The van der Waals surface area contributed by atoms with Crippen LogP contribution >= 0.6 is 0 Å². The summed E-state index contributed by atoms with van der Waals surface area (Å²) in [6, 6.07) is 12.3. The topological polar surface area (TPSA) is 95.8 Å². The van der Waals surface area contributed by atoms with E-state index in [-0.39, 0.29) is 30.1 Å². The molecule has 1 heterocycles.